The number of fused-ring (bicyclic) bond motifs is 1. The quantitative estimate of drug-likeness (QED) is 0.435. The SMILES string of the molecule is COc1ccc2c([C@@]3(C(=O)N[C@@H](CC(C)C)C(=O)NCC(=O)O)CCCN3C(C)=O)cc(=O)oc2c1. The number of nitrogens with one attached hydrogen (secondary N) is 2. The van der Waals surface area contributed by atoms with E-state index < -0.39 is 41.5 Å². The molecule has 1 fully saturated rings. The molecule has 1 saturated heterocycles. The van der Waals surface area contributed by atoms with E-state index in [9.17, 15) is 24.0 Å². The van der Waals surface area contributed by atoms with Crippen molar-refractivity contribution in [3.05, 3.63) is 40.2 Å². The van der Waals surface area contributed by atoms with E-state index in [0.29, 0.717) is 17.6 Å². The van der Waals surface area contributed by atoms with Crippen LogP contribution in [0, 0.1) is 5.92 Å². The maximum absolute atomic E-state index is 14.0. The summed E-state index contributed by atoms with van der Waals surface area (Å²) in [7, 11) is 1.47. The number of hydrogen-bond donors (Lipinski definition) is 3. The van der Waals surface area contributed by atoms with Gasteiger partial charge in [0.15, 0.2) is 0 Å². The van der Waals surface area contributed by atoms with Crippen LogP contribution >= 0.6 is 0 Å². The lowest BCUT2D eigenvalue weighted by Crippen LogP contribution is -2.59. The van der Waals surface area contributed by atoms with Gasteiger partial charge in [0, 0.05) is 36.6 Å². The number of aliphatic carboxylic acids is 1. The predicted molar refractivity (Wildman–Crippen MR) is 129 cm³/mol. The molecule has 0 unspecified atom stereocenters. The summed E-state index contributed by atoms with van der Waals surface area (Å²) >= 11 is 0. The van der Waals surface area contributed by atoms with E-state index in [1.807, 2.05) is 13.8 Å². The standard InChI is InChI=1S/C25H31N3O8/c1-14(2)10-19(23(33)26-13-21(30)31)27-24(34)25(8-5-9-28(25)15(3)29)18-12-22(32)36-20-11-16(35-4)6-7-17(18)20/h6-7,11-12,14,19H,5,8-10,13H2,1-4H3,(H,26,33)(H,27,34)(H,30,31)/t19-,25+/m0/s1. The summed E-state index contributed by atoms with van der Waals surface area (Å²) < 4.78 is 10.6. The van der Waals surface area contributed by atoms with E-state index in [0.717, 1.165) is 0 Å². The van der Waals surface area contributed by atoms with Gasteiger partial charge in [-0.15, -0.1) is 0 Å². The van der Waals surface area contributed by atoms with Crippen LogP contribution in [0.3, 0.4) is 0 Å². The zero-order chi connectivity index (χ0) is 26.6. The topological polar surface area (TPSA) is 155 Å². The molecule has 11 nitrogen and oxygen atoms in total. The second-order valence-electron chi connectivity index (χ2n) is 9.24. The largest absolute Gasteiger partial charge is 0.497 e. The summed E-state index contributed by atoms with van der Waals surface area (Å²) in [5.74, 6) is -2.42. The van der Waals surface area contributed by atoms with Crippen molar-refractivity contribution in [2.45, 2.75) is 51.6 Å². The second kappa shape index (κ2) is 10.8. The van der Waals surface area contributed by atoms with E-state index in [-0.39, 0.29) is 42.4 Å². The van der Waals surface area contributed by atoms with Crippen molar-refractivity contribution < 1.29 is 33.4 Å². The van der Waals surface area contributed by atoms with Crippen molar-refractivity contribution in [3.63, 3.8) is 0 Å². The molecule has 2 aromatic rings. The Morgan fingerprint density at radius 3 is 2.56 bits per heavy atom. The van der Waals surface area contributed by atoms with Crippen molar-refractivity contribution in [1.82, 2.24) is 15.5 Å². The summed E-state index contributed by atoms with van der Waals surface area (Å²) in [4.78, 5) is 64.4. The Kier molecular flexibility index (Phi) is 8.01. The molecule has 0 spiro atoms. The van der Waals surface area contributed by atoms with Crippen LogP contribution in [0.4, 0.5) is 0 Å². The van der Waals surface area contributed by atoms with Gasteiger partial charge in [0.2, 0.25) is 11.8 Å². The summed E-state index contributed by atoms with van der Waals surface area (Å²) in [6.45, 7) is 4.75. The van der Waals surface area contributed by atoms with Crippen LogP contribution in [0.5, 0.6) is 5.75 Å². The number of nitrogens with zero attached hydrogens (tertiary/aromatic N) is 1. The molecule has 0 bridgehead atoms. The lowest BCUT2D eigenvalue weighted by Gasteiger charge is -2.38. The second-order valence-corrected chi connectivity index (χ2v) is 9.24. The van der Waals surface area contributed by atoms with Gasteiger partial charge in [-0.25, -0.2) is 4.79 Å². The number of rotatable bonds is 9. The molecule has 2 atom stereocenters. The normalized spacial score (nSPS) is 18.2. The molecule has 0 saturated carbocycles. The fourth-order valence-corrected chi connectivity index (χ4v) is 4.76. The lowest BCUT2D eigenvalue weighted by molar-refractivity contribution is -0.146. The van der Waals surface area contributed by atoms with Gasteiger partial charge >= 0.3 is 11.6 Å². The number of carboxylic acids is 1. The van der Waals surface area contributed by atoms with Crippen LogP contribution in [-0.2, 0) is 24.7 Å². The maximum atomic E-state index is 14.0. The van der Waals surface area contributed by atoms with Crippen LogP contribution in [0.1, 0.15) is 45.6 Å². The molecule has 1 aromatic carbocycles. The summed E-state index contributed by atoms with van der Waals surface area (Å²) in [5, 5.41) is 14.4. The minimum atomic E-state index is -1.57. The van der Waals surface area contributed by atoms with Gasteiger partial charge in [-0.1, -0.05) is 13.8 Å². The van der Waals surface area contributed by atoms with Gasteiger partial charge in [0.1, 0.15) is 29.5 Å². The molecule has 1 aliphatic heterocycles. The van der Waals surface area contributed by atoms with Gasteiger partial charge in [-0.05, 0) is 37.3 Å². The fraction of sp³-hybridized carbons (Fsp3) is 0.480. The first kappa shape index (κ1) is 26.7. The molecule has 1 aliphatic rings. The highest BCUT2D eigenvalue weighted by atomic mass is 16.5. The summed E-state index contributed by atoms with van der Waals surface area (Å²) in [6, 6.07) is 5.00. The molecule has 1 aromatic heterocycles. The maximum Gasteiger partial charge on any atom is 0.336 e. The van der Waals surface area contributed by atoms with Crippen LogP contribution in [-0.4, -0.2) is 59.9 Å². The number of amides is 3. The van der Waals surface area contributed by atoms with Crippen LogP contribution < -0.4 is 21.0 Å². The minimum absolute atomic E-state index is 0.00798. The number of ether oxygens (including phenoxy) is 1. The van der Waals surface area contributed by atoms with Gasteiger partial charge < -0.3 is 29.8 Å². The number of carboxylic acid groups (broad SMARTS) is 1. The Hall–Kier alpha value is -3.89. The van der Waals surface area contributed by atoms with Crippen molar-refractivity contribution in [1.29, 1.82) is 0 Å². The molecule has 194 valence electrons. The molecule has 0 aliphatic carbocycles. The zero-order valence-corrected chi connectivity index (χ0v) is 20.8. The van der Waals surface area contributed by atoms with Crippen molar-refractivity contribution in [2.24, 2.45) is 5.92 Å². The highest BCUT2D eigenvalue weighted by Crippen LogP contribution is 2.42. The molecular formula is C25H31N3O8. The first-order chi connectivity index (χ1) is 17.0. The van der Waals surface area contributed by atoms with Gasteiger partial charge in [0.25, 0.3) is 5.91 Å². The van der Waals surface area contributed by atoms with E-state index in [1.165, 1.54) is 31.1 Å². The molecule has 3 rings (SSSR count). The Morgan fingerprint density at radius 2 is 1.94 bits per heavy atom. The van der Waals surface area contributed by atoms with Gasteiger partial charge in [-0.3, -0.25) is 19.2 Å². The third-order valence-corrected chi connectivity index (χ3v) is 6.28. The Balaban J connectivity index is 2.14. The Labute approximate surface area is 207 Å². The highest BCUT2D eigenvalue weighted by molar-refractivity contribution is 5.99. The lowest BCUT2D eigenvalue weighted by atomic mass is 9.83. The molecule has 3 N–H and O–H groups in total. The molecule has 3 amide bonds. The molecular weight excluding hydrogens is 470 g/mol. The van der Waals surface area contributed by atoms with Crippen LogP contribution in [0.2, 0.25) is 0 Å². The van der Waals surface area contributed by atoms with E-state index in [2.05, 4.69) is 10.6 Å². The molecule has 0 radical (unpaired) electrons. The number of hydrogen-bond acceptors (Lipinski definition) is 7. The van der Waals surface area contributed by atoms with Gasteiger partial charge in [0.05, 0.1) is 7.11 Å². The zero-order valence-electron chi connectivity index (χ0n) is 20.8. The van der Waals surface area contributed by atoms with Crippen LogP contribution in [0.15, 0.2) is 33.5 Å². The average Bonchev–Trinajstić information content (AvgIpc) is 3.27. The van der Waals surface area contributed by atoms with E-state index >= 15 is 0 Å². The van der Waals surface area contributed by atoms with E-state index in [1.54, 1.807) is 12.1 Å². The molecule has 2 heterocycles. The van der Waals surface area contributed by atoms with E-state index in [4.69, 9.17) is 14.3 Å². The van der Waals surface area contributed by atoms with Gasteiger partial charge in [-0.2, -0.15) is 0 Å². The monoisotopic (exact) mass is 501 g/mol. The highest BCUT2D eigenvalue weighted by Gasteiger charge is 2.52. The molecule has 36 heavy (non-hydrogen) atoms. The molecule has 11 heteroatoms. The third kappa shape index (κ3) is 5.34. The summed E-state index contributed by atoms with van der Waals surface area (Å²) in [6.07, 6.45) is 0.946. The van der Waals surface area contributed by atoms with Crippen molar-refractivity contribution >= 4 is 34.7 Å². The average molecular weight is 502 g/mol. The minimum Gasteiger partial charge on any atom is -0.497 e. The predicted octanol–water partition coefficient (Wildman–Crippen LogP) is 1.37. The van der Waals surface area contributed by atoms with Crippen molar-refractivity contribution in [2.75, 3.05) is 20.2 Å². The van der Waals surface area contributed by atoms with Crippen molar-refractivity contribution in [3.8, 4) is 5.75 Å². The Bertz CT molecular complexity index is 1240. The Morgan fingerprint density at radius 1 is 1.22 bits per heavy atom. The number of carbonyl (C=O) groups excluding carboxylic acids is 3. The first-order valence-electron chi connectivity index (χ1n) is 11.7. The number of likely N-dealkylation sites (tertiary alicyclic amines) is 1. The number of benzene rings is 1. The first-order valence-corrected chi connectivity index (χ1v) is 11.7. The van der Waals surface area contributed by atoms with Crippen LogP contribution in [0.25, 0.3) is 11.0 Å². The number of methoxy groups -OCH3 is 1. The summed E-state index contributed by atoms with van der Waals surface area (Å²) in [5.41, 5.74) is -1.80. The fourth-order valence-electron chi connectivity index (χ4n) is 4.76. The number of carbonyl (C=O) groups is 4. The third-order valence-electron chi connectivity index (χ3n) is 6.28. The smallest absolute Gasteiger partial charge is 0.336 e.